The molecule has 0 aromatic carbocycles. The first-order valence-electron chi connectivity index (χ1n) is 7.17. The lowest BCUT2D eigenvalue weighted by Crippen LogP contribution is -2.54. The van der Waals surface area contributed by atoms with Gasteiger partial charge in [-0.25, -0.2) is 9.97 Å². The molecular weight excluding hydrogens is 272 g/mol. The maximum atomic E-state index is 9.43. The van der Waals surface area contributed by atoms with Crippen LogP contribution in [-0.4, -0.2) is 60.1 Å². The lowest BCUT2D eigenvalue weighted by molar-refractivity contribution is -0.101. The van der Waals surface area contributed by atoms with Gasteiger partial charge in [-0.2, -0.15) is 0 Å². The Bertz CT molecular complexity index is 481. The van der Waals surface area contributed by atoms with Gasteiger partial charge in [-0.3, -0.25) is 0 Å². The molecule has 2 heterocycles. The SMILES string of the molecule is CCNc1ncnc(N2CC(CO)OC(C)(C)C2)c1OC. The van der Waals surface area contributed by atoms with Crippen LogP contribution in [0.15, 0.2) is 6.33 Å². The third-order valence-electron chi connectivity index (χ3n) is 3.32. The summed E-state index contributed by atoms with van der Waals surface area (Å²) in [6.07, 6.45) is 1.28. The van der Waals surface area contributed by atoms with Gasteiger partial charge < -0.3 is 24.8 Å². The van der Waals surface area contributed by atoms with Gasteiger partial charge in [-0.15, -0.1) is 0 Å². The van der Waals surface area contributed by atoms with Crippen LogP contribution in [0.2, 0.25) is 0 Å². The predicted molar refractivity (Wildman–Crippen MR) is 81.0 cm³/mol. The Balaban J connectivity index is 2.33. The number of ether oxygens (including phenoxy) is 2. The Kier molecular flexibility index (Phi) is 4.84. The van der Waals surface area contributed by atoms with Crippen LogP contribution in [-0.2, 0) is 4.74 Å². The van der Waals surface area contributed by atoms with Crippen molar-refractivity contribution in [3.8, 4) is 5.75 Å². The lowest BCUT2D eigenvalue weighted by Gasteiger charge is -2.43. The molecule has 118 valence electrons. The number of aliphatic hydroxyl groups is 1. The van der Waals surface area contributed by atoms with Crippen LogP contribution >= 0.6 is 0 Å². The highest BCUT2D eigenvalue weighted by Gasteiger charge is 2.35. The second-order valence-corrected chi connectivity index (χ2v) is 5.67. The van der Waals surface area contributed by atoms with Gasteiger partial charge in [-0.1, -0.05) is 0 Å². The second kappa shape index (κ2) is 6.44. The molecule has 1 aromatic heterocycles. The topological polar surface area (TPSA) is 79.7 Å². The van der Waals surface area contributed by atoms with Crippen molar-refractivity contribution in [3.05, 3.63) is 6.33 Å². The van der Waals surface area contributed by atoms with Crippen molar-refractivity contribution in [2.45, 2.75) is 32.5 Å². The molecule has 0 radical (unpaired) electrons. The van der Waals surface area contributed by atoms with E-state index >= 15 is 0 Å². The van der Waals surface area contributed by atoms with Gasteiger partial charge in [0.05, 0.1) is 25.4 Å². The number of morpholine rings is 1. The van der Waals surface area contributed by atoms with Crippen LogP contribution < -0.4 is 15.0 Å². The number of methoxy groups -OCH3 is 1. The molecule has 1 atom stereocenters. The fourth-order valence-electron chi connectivity index (χ4n) is 2.62. The largest absolute Gasteiger partial charge is 0.490 e. The molecule has 0 spiro atoms. The third-order valence-corrected chi connectivity index (χ3v) is 3.32. The highest BCUT2D eigenvalue weighted by molar-refractivity contribution is 5.65. The molecular formula is C14H24N4O3. The van der Waals surface area contributed by atoms with E-state index in [1.165, 1.54) is 6.33 Å². The molecule has 0 amide bonds. The average molecular weight is 296 g/mol. The van der Waals surface area contributed by atoms with Crippen LogP contribution in [0.1, 0.15) is 20.8 Å². The number of aliphatic hydroxyl groups excluding tert-OH is 1. The van der Waals surface area contributed by atoms with Crippen LogP contribution in [0, 0.1) is 0 Å². The summed E-state index contributed by atoms with van der Waals surface area (Å²) in [6, 6.07) is 0. The molecule has 1 aromatic rings. The predicted octanol–water partition coefficient (Wildman–Crippen LogP) is 0.893. The Labute approximate surface area is 125 Å². The molecule has 7 nitrogen and oxygen atoms in total. The Morgan fingerprint density at radius 1 is 1.52 bits per heavy atom. The summed E-state index contributed by atoms with van der Waals surface area (Å²) in [7, 11) is 1.61. The van der Waals surface area contributed by atoms with Crippen molar-refractivity contribution in [2.75, 3.05) is 43.6 Å². The number of rotatable bonds is 5. The fraction of sp³-hybridized carbons (Fsp3) is 0.714. The Morgan fingerprint density at radius 2 is 2.29 bits per heavy atom. The molecule has 0 saturated carbocycles. The van der Waals surface area contributed by atoms with Crippen molar-refractivity contribution in [1.82, 2.24) is 9.97 Å². The van der Waals surface area contributed by atoms with E-state index in [-0.39, 0.29) is 18.3 Å². The molecule has 1 fully saturated rings. The number of hydrogen-bond donors (Lipinski definition) is 2. The van der Waals surface area contributed by atoms with Crippen molar-refractivity contribution >= 4 is 11.6 Å². The molecule has 7 heteroatoms. The maximum Gasteiger partial charge on any atom is 0.204 e. The van der Waals surface area contributed by atoms with E-state index in [4.69, 9.17) is 9.47 Å². The summed E-state index contributed by atoms with van der Waals surface area (Å²) in [5.41, 5.74) is -0.361. The average Bonchev–Trinajstić information content (AvgIpc) is 2.45. The normalized spacial score (nSPS) is 21.2. The number of nitrogens with zero attached hydrogens (tertiary/aromatic N) is 3. The van der Waals surface area contributed by atoms with E-state index in [0.717, 1.165) is 12.4 Å². The van der Waals surface area contributed by atoms with Crippen LogP contribution in [0.25, 0.3) is 0 Å². The van der Waals surface area contributed by atoms with E-state index in [1.54, 1.807) is 7.11 Å². The van der Waals surface area contributed by atoms with Crippen LogP contribution in [0.3, 0.4) is 0 Å². The third kappa shape index (κ3) is 3.54. The summed E-state index contributed by atoms with van der Waals surface area (Å²) < 4.78 is 11.3. The van der Waals surface area contributed by atoms with Crippen molar-refractivity contribution in [1.29, 1.82) is 0 Å². The smallest absolute Gasteiger partial charge is 0.204 e. The number of hydrogen-bond acceptors (Lipinski definition) is 7. The monoisotopic (exact) mass is 296 g/mol. The molecule has 1 unspecified atom stereocenters. The first-order chi connectivity index (χ1) is 10.0. The van der Waals surface area contributed by atoms with E-state index in [1.807, 2.05) is 20.8 Å². The molecule has 2 N–H and O–H groups in total. The van der Waals surface area contributed by atoms with Gasteiger partial charge in [-0.05, 0) is 20.8 Å². The van der Waals surface area contributed by atoms with Crippen molar-refractivity contribution in [3.63, 3.8) is 0 Å². The highest BCUT2D eigenvalue weighted by atomic mass is 16.5. The van der Waals surface area contributed by atoms with Gasteiger partial charge in [0.15, 0.2) is 11.6 Å². The molecule has 0 aliphatic carbocycles. The van der Waals surface area contributed by atoms with E-state index in [9.17, 15) is 5.11 Å². The minimum atomic E-state index is -0.361. The summed E-state index contributed by atoms with van der Waals surface area (Å²) >= 11 is 0. The first kappa shape index (κ1) is 15.8. The second-order valence-electron chi connectivity index (χ2n) is 5.67. The maximum absolute atomic E-state index is 9.43. The number of anilines is 2. The number of nitrogens with one attached hydrogen (secondary N) is 1. The van der Waals surface area contributed by atoms with E-state index in [0.29, 0.717) is 24.7 Å². The molecule has 1 saturated heterocycles. The fourth-order valence-corrected chi connectivity index (χ4v) is 2.62. The Morgan fingerprint density at radius 3 is 2.90 bits per heavy atom. The zero-order chi connectivity index (χ0) is 15.5. The lowest BCUT2D eigenvalue weighted by atomic mass is 10.1. The van der Waals surface area contributed by atoms with Crippen molar-refractivity contribution in [2.24, 2.45) is 0 Å². The van der Waals surface area contributed by atoms with Gasteiger partial charge in [0.1, 0.15) is 6.33 Å². The summed E-state index contributed by atoms with van der Waals surface area (Å²) in [5.74, 6) is 2.02. The van der Waals surface area contributed by atoms with E-state index in [2.05, 4.69) is 20.2 Å². The van der Waals surface area contributed by atoms with Crippen LogP contribution in [0.4, 0.5) is 11.6 Å². The first-order valence-corrected chi connectivity index (χ1v) is 7.17. The Hall–Kier alpha value is -1.60. The van der Waals surface area contributed by atoms with E-state index < -0.39 is 0 Å². The quantitative estimate of drug-likeness (QED) is 0.835. The van der Waals surface area contributed by atoms with Crippen LogP contribution in [0.5, 0.6) is 5.75 Å². The molecule has 0 bridgehead atoms. The summed E-state index contributed by atoms with van der Waals surface area (Å²) in [6.45, 7) is 7.97. The zero-order valence-corrected chi connectivity index (χ0v) is 13.1. The summed E-state index contributed by atoms with van der Waals surface area (Å²) in [5, 5.41) is 12.6. The molecule has 2 rings (SSSR count). The van der Waals surface area contributed by atoms with Gasteiger partial charge in [0.25, 0.3) is 0 Å². The highest BCUT2D eigenvalue weighted by Crippen LogP contribution is 2.34. The minimum Gasteiger partial charge on any atom is -0.490 e. The van der Waals surface area contributed by atoms with Gasteiger partial charge in [0.2, 0.25) is 5.75 Å². The summed E-state index contributed by atoms with van der Waals surface area (Å²) in [4.78, 5) is 10.7. The van der Waals surface area contributed by atoms with Crippen molar-refractivity contribution < 1.29 is 14.6 Å². The van der Waals surface area contributed by atoms with Gasteiger partial charge >= 0.3 is 0 Å². The molecule has 1 aliphatic heterocycles. The minimum absolute atomic E-state index is 0.0204. The molecule has 1 aliphatic rings. The van der Waals surface area contributed by atoms with Gasteiger partial charge in [0, 0.05) is 19.6 Å². The number of aromatic nitrogens is 2. The molecule has 21 heavy (non-hydrogen) atoms. The zero-order valence-electron chi connectivity index (χ0n) is 13.1. The standard InChI is InChI=1S/C14H24N4O3/c1-5-15-12-11(20-4)13(17-9-16-12)18-6-10(7-19)21-14(2,3)8-18/h9-10,19H,5-8H2,1-4H3,(H,15,16,17).